The third-order valence-electron chi connectivity index (χ3n) is 3.33. The van der Waals surface area contributed by atoms with E-state index in [-0.39, 0.29) is 5.69 Å². The minimum Gasteiger partial charge on any atom is -0.327 e. The number of hydrogen-bond acceptors (Lipinski definition) is 4. The first-order valence-electron chi connectivity index (χ1n) is 6.44. The van der Waals surface area contributed by atoms with Crippen LogP contribution in [0.1, 0.15) is 0 Å². The van der Waals surface area contributed by atoms with Crippen LogP contribution in [-0.2, 0) is 13.6 Å². The van der Waals surface area contributed by atoms with E-state index in [1.807, 2.05) is 0 Å². The molecule has 112 valence electrons. The van der Waals surface area contributed by atoms with Gasteiger partial charge in [0, 0.05) is 19.7 Å². The zero-order valence-electron chi connectivity index (χ0n) is 11.7. The first-order chi connectivity index (χ1) is 10.5. The smallest absolute Gasteiger partial charge is 0.327 e. The van der Waals surface area contributed by atoms with Crippen LogP contribution in [0.4, 0.5) is 4.39 Å². The van der Waals surface area contributed by atoms with Crippen LogP contribution >= 0.6 is 0 Å². The lowest BCUT2D eigenvalue weighted by Gasteiger charge is -2.08. The number of halogens is 1. The van der Waals surface area contributed by atoms with Crippen LogP contribution < -0.4 is 11.2 Å². The summed E-state index contributed by atoms with van der Waals surface area (Å²) in [4.78, 5) is 27.6. The summed E-state index contributed by atoms with van der Waals surface area (Å²) in [6.07, 6.45) is 4.21. The van der Waals surface area contributed by atoms with Crippen LogP contribution in [0.2, 0.25) is 0 Å². The third kappa shape index (κ3) is 2.05. The van der Waals surface area contributed by atoms with Gasteiger partial charge in [-0.05, 0) is 6.07 Å². The van der Waals surface area contributed by atoms with Gasteiger partial charge in [-0.2, -0.15) is 9.78 Å². The second kappa shape index (κ2) is 5.06. The molecule has 0 N–H and O–H groups in total. The monoisotopic (exact) mass is 301 g/mol. The van der Waals surface area contributed by atoms with E-state index in [0.29, 0.717) is 17.6 Å². The fourth-order valence-corrected chi connectivity index (χ4v) is 2.16. The zero-order chi connectivity index (χ0) is 15.9. The fraction of sp³-hybridized carbons (Fsp3) is 0.143. The van der Waals surface area contributed by atoms with E-state index in [1.54, 1.807) is 17.0 Å². The van der Waals surface area contributed by atoms with Gasteiger partial charge >= 0.3 is 5.69 Å². The van der Waals surface area contributed by atoms with Crippen molar-refractivity contribution in [3.05, 3.63) is 64.0 Å². The molecule has 8 heteroatoms. The molecule has 0 amide bonds. The van der Waals surface area contributed by atoms with Gasteiger partial charge in [-0.15, -0.1) is 6.58 Å². The van der Waals surface area contributed by atoms with Crippen molar-refractivity contribution < 1.29 is 4.39 Å². The van der Waals surface area contributed by atoms with Crippen LogP contribution in [0.3, 0.4) is 0 Å². The van der Waals surface area contributed by atoms with Gasteiger partial charge in [0.25, 0.3) is 5.56 Å². The highest BCUT2D eigenvalue weighted by atomic mass is 19.1. The quantitative estimate of drug-likeness (QED) is 0.664. The molecule has 0 fully saturated rings. The first-order valence-corrected chi connectivity index (χ1v) is 6.44. The van der Waals surface area contributed by atoms with Gasteiger partial charge < -0.3 is 4.57 Å². The lowest BCUT2D eigenvalue weighted by Crippen LogP contribution is -2.38. The van der Waals surface area contributed by atoms with Gasteiger partial charge in [0.2, 0.25) is 0 Å². The third-order valence-corrected chi connectivity index (χ3v) is 3.33. The zero-order valence-corrected chi connectivity index (χ0v) is 11.7. The molecule has 0 aliphatic carbocycles. The van der Waals surface area contributed by atoms with Gasteiger partial charge in [-0.3, -0.25) is 9.36 Å². The summed E-state index contributed by atoms with van der Waals surface area (Å²) < 4.78 is 17.7. The molecule has 7 nitrogen and oxygen atoms in total. The van der Waals surface area contributed by atoms with E-state index < -0.39 is 17.1 Å². The molecule has 0 radical (unpaired) electrons. The molecule has 3 rings (SSSR count). The number of rotatable bonds is 3. The van der Waals surface area contributed by atoms with E-state index in [2.05, 4.69) is 16.7 Å². The Hall–Kier alpha value is -3.03. The highest BCUT2D eigenvalue weighted by Gasteiger charge is 2.14. The van der Waals surface area contributed by atoms with Gasteiger partial charge in [-0.1, -0.05) is 6.08 Å². The minimum absolute atomic E-state index is 0.0427. The average molecular weight is 301 g/mol. The number of nitrogens with zero attached hydrogens (tertiary/aromatic N) is 5. The van der Waals surface area contributed by atoms with Crippen LogP contribution in [0.25, 0.3) is 16.7 Å². The molecule has 22 heavy (non-hydrogen) atoms. The molecule has 3 aromatic rings. The summed E-state index contributed by atoms with van der Waals surface area (Å²) in [5, 5.41) is 3.72. The molecule has 1 aromatic carbocycles. The number of allylic oxidation sites excluding steroid dienone is 1. The summed E-state index contributed by atoms with van der Waals surface area (Å²) in [6.45, 7) is 4.14. The van der Waals surface area contributed by atoms with Crippen molar-refractivity contribution in [2.75, 3.05) is 0 Å². The van der Waals surface area contributed by atoms with E-state index in [4.69, 9.17) is 0 Å². The average Bonchev–Trinajstić information content (AvgIpc) is 2.87. The number of fused-ring (bicyclic) bond motifs is 1. The summed E-state index contributed by atoms with van der Waals surface area (Å²) in [7, 11) is 1.31. The second-order valence-electron chi connectivity index (χ2n) is 4.71. The van der Waals surface area contributed by atoms with E-state index in [9.17, 15) is 14.0 Å². The molecule has 0 aliphatic heterocycles. The number of benzene rings is 1. The maximum Gasteiger partial charge on any atom is 0.352 e. The summed E-state index contributed by atoms with van der Waals surface area (Å²) in [6, 6.07) is 2.70. The lowest BCUT2D eigenvalue weighted by atomic mass is 10.2. The molecular formula is C14H12FN5O2. The number of imidazole rings is 1. The predicted molar refractivity (Wildman–Crippen MR) is 78.5 cm³/mol. The topological polar surface area (TPSA) is 74.7 Å². The molecular weight excluding hydrogens is 289 g/mol. The molecule has 2 heterocycles. The first kappa shape index (κ1) is 13.9. The standard InChI is InChI=1S/C14H12FN5O2/c1-3-4-19-8-16-10-5-9(15)11(6-12(10)19)20-14(22)18(2)13(21)7-17-20/h3,5-8H,1,4H2,2H3. The maximum atomic E-state index is 14.3. The van der Waals surface area contributed by atoms with E-state index in [0.717, 1.165) is 15.4 Å². The van der Waals surface area contributed by atoms with Crippen LogP contribution in [0.5, 0.6) is 0 Å². The van der Waals surface area contributed by atoms with E-state index >= 15 is 0 Å². The van der Waals surface area contributed by atoms with Crippen LogP contribution in [0.15, 0.2) is 46.9 Å². The SMILES string of the molecule is C=CCn1cnc2cc(F)c(-n3ncc(=O)n(C)c3=O)cc21. The number of hydrogen-bond donors (Lipinski definition) is 0. The van der Waals surface area contributed by atoms with Crippen molar-refractivity contribution in [2.45, 2.75) is 6.54 Å². The Labute approximate surface area is 123 Å². The van der Waals surface area contributed by atoms with Crippen molar-refractivity contribution >= 4 is 11.0 Å². The van der Waals surface area contributed by atoms with Crippen molar-refractivity contribution in [3.8, 4) is 5.69 Å². The molecule has 0 aliphatic rings. The van der Waals surface area contributed by atoms with Gasteiger partial charge in [0.15, 0.2) is 5.82 Å². The van der Waals surface area contributed by atoms with Crippen molar-refractivity contribution in [1.82, 2.24) is 23.9 Å². The van der Waals surface area contributed by atoms with Crippen LogP contribution in [-0.4, -0.2) is 23.9 Å². The molecule has 0 unspecified atom stereocenters. The summed E-state index contributed by atoms with van der Waals surface area (Å²) in [5.74, 6) is -0.649. The largest absolute Gasteiger partial charge is 0.352 e. The molecule has 2 aromatic heterocycles. The lowest BCUT2D eigenvalue weighted by molar-refractivity contribution is 0.586. The highest BCUT2D eigenvalue weighted by molar-refractivity contribution is 5.78. The Morgan fingerprint density at radius 2 is 2.14 bits per heavy atom. The maximum absolute atomic E-state index is 14.3. The minimum atomic E-state index is -0.722. The molecule has 0 atom stereocenters. The Morgan fingerprint density at radius 3 is 2.86 bits per heavy atom. The Morgan fingerprint density at radius 1 is 1.36 bits per heavy atom. The summed E-state index contributed by atoms with van der Waals surface area (Å²) >= 11 is 0. The van der Waals surface area contributed by atoms with Gasteiger partial charge in [0.05, 0.1) is 17.4 Å². The molecule has 0 bridgehead atoms. The van der Waals surface area contributed by atoms with Gasteiger partial charge in [-0.25, -0.2) is 14.2 Å². The molecule has 0 saturated carbocycles. The second-order valence-corrected chi connectivity index (χ2v) is 4.71. The van der Waals surface area contributed by atoms with E-state index in [1.165, 1.54) is 19.2 Å². The normalized spacial score (nSPS) is 11.0. The Balaban J connectivity index is 2.31. The Bertz CT molecular complexity index is 999. The van der Waals surface area contributed by atoms with Crippen molar-refractivity contribution in [3.63, 3.8) is 0 Å². The van der Waals surface area contributed by atoms with Crippen molar-refractivity contribution in [2.24, 2.45) is 7.05 Å². The van der Waals surface area contributed by atoms with Crippen LogP contribution in [0, 0.1) is 5.82 Å². The molecule has 0 saturated heterocycles. The highest BCUT2D eigenvalue weighted by Crippen LogP contribution is 2.20. The predicted octanol–water partition coefficient (Wildman–Crippen LogP) is 0.606. The van der Waals surface area contributed by atoms with Crippen molar-refractivity contribution in [1.29, 1.82) is 0 Å². The Kier molecular flexibility index (Phi) is 3.21. The number of aromatic nitrogens is 5. The fourth-order valence-electron chi connectivity index (χ4n) is 2.16. The summed E-state index contributed by atoms with van der Waals surface area (Å²) in [5.41, 5.74) is -0.223. The molecule has 0 spiro atoms. The van der Waals surface area contributed by atoms with Gasteiger partial charge in [0.1, 0.15) is 11.9 Å².